The number of carbonyl (C=O) groups excluding carboxylic acids is 1. The predicted molar refractivity (Wildman–Crippen MR) is 86.3 cm³/mol. The molecule has 0 radical (unpaired) electrons. The average molecular weight is 303 g/mol. The first-order valence-electron chi connectivity index (χ1n) is 7.63. The summed E-state index contributed by atoms with van der Waals surface area (Å²) in [6, 6.07) is 8.07. The number of fused-ring (bicyclic) bond motifs is 1. The lowest BCUT2D eigenvalue weighted by atomic mass is 9.94. The Hall–Kier alpha value is -1.46. The van der Waals surface area contributed by atoms with Gasteiger partial charge in [-0.25, -0.2) is 4.98 Å². The Bertz CT molecular complexity index is 571. The van der Waals surface area contributed by atoms with Crippen LogP contribution in [0.2, 0.25) is 0 Å². The molecule has 2 aromatic rings. The number of aromatic nitrogens is 1. The van der Waals surface area contributed by atoms with Gasteiger partial charge in [-0.15, -0.1) is 11.3 Å². The minimum atomic E-state index is 0.139. The largest absolute Gasteiger partial charge is 0.350 e. The number of nitrogens with one attached hydrogen (secondary N) is 2. The normalized spacial score (nSPS) is 18.8. The second-order valence-corrected chi connectivity index (χ2v) is 6.72. The zero-order valence-electron chi connectivity index (χ0n) is 12.1. The van der Waals surface area contributed by atoms with Crippen LogP contribution in [0.3, 0.4) is 0 Å². The van der Waals surface area contributed by atoms with Crippen molar-refractivity contribution < 1.29 is 4.79 Å². The highest BCUT2D eigenvalue weighted by Gasteiger charge is 2.14. The molecule has 1 aromatic carbocycles. The fourth-order valence-corrected chi connectivity index (χ4v) is 3.67. The highest BCUT2D eigenvalue weighted by atomic mass is 32.1. The molecule has 1 aliphatic rings. The van der Waals surface area contributed by atoms with Crippen molar-refractivity contribution in [1.82, 2.24) is 15.6 Å². The highest BCUT2D eigenvalue weighted by Crippen LogP contribution is 2.21. The van der Waals surface area contributed by atoms with E-state index in [0.29, 0.717) is 18.9 Å². The van der Waals surface area contributed by atoms with E-state index < -0.39 is 0 Å². The molecular formula is C16H21N3OS. The summed E-state index contributed by atoms with van der Waals surface area (Å²) < 4.78 is 1.18. The fraction of sp³-hybridized carbons (Fsp3) is 0.500. The van der Waals surface area contributed by atoms with Crippen molar-refractivity contribution in [2.45, 2.75) is 32.2 Å². The third-order valence-electron chi connectivity index (χ3n) is 3.95. The second-order valence-electron chi connectivity index (χ2n) is 5.60. The highest BCUT2D eigenvalue weighted by molar-refractivity contribution is 7.18. The maximum atomic E-state index is 11.9. The maximum absolute atomic E-state index is 11.9. The Kier molecular flexibility index (Phi) is 4.83. The summed E-state index contributed by atoms with van der Waals surface area (Å²) in [7, 11) is 0. The number of hydrogen-bond donors (Lipinski definition) is 2. The minimum Gasteiger partial charge on any atom is -0.350 e. The lowest BCUT2D eigenvalue weighted by Gasteiger charge is -2.22. The van der Waals surface area contributed by atoms with Gasteiger partial charge in [-0.3, -0.25) is 4.79 Å². The standard InChI is InChI=1S/C16H21N3OS/c20-15(8-7-12-4-3-9-17-10-12)18-11-16-19-13-5-1-2-6-14(13)21-16/h1-2,5-6,12,17H,3-4,7-11H2,(H,18,20). The van der Waals surface area contributed by atoms with Crippen molar-refractivity contribution in [3.05, 3.63) is 29.3 Å². The third kappa shape index (κ3) is 4.02. The van der Waals surface area contributed by atoms with Gasteiger partial charge in [0.25, 0.3) is 0 Å². The Morgan fingerprint density at radius 2 is 2.33 bits per heavy atom. The number of para-hydroxylation sites is 1. The molecule has 2 N–H and O–H groups in total. The Labute approximate surface area is 129 Å². The summed E-state index contributed by atoms with van der Waals surface area (Å²) in [5.41, 5.74) is 1.01. The van der Waals surface area contributed by atoms with Crippen LogP contribution in [-0.2, 0) is 11.3 Å². The molecule has 2 heterocycles. The van der Waals surface area contributed by atoms with E-state index in [0.717, 1.165) is 30.0 Å². The summed E-state index contributed by atoms with van der Waals surface area (Å²) in [5.74, 6) is 0.798. The van der Waals surface area contributed by atoms with E-state index in [2.05, 4.69) is 21.7 Å². The van der Waals surface area contributed by atoms with Crippen molar-refractivity contribution in [2.75, 3.05) is 13.1 Å². The molecule has 21 heavy (non-hydrogen) atoms. The summed E-state index contributed by atoms with van der Waals surface area (Å²) in [6.45, 7) is 2.73. The molecule has 0 spiro atoms. The third-order valence-corrected chi connectivity index (χ3v) is 4.99. The molecule has 1 aliphatic heterocycles. The number of hydrogen-bond acceptors (Lipinski definition) is 4. The average Bonchev–Trinajstić information content (AvgIpc) is 2.95. The zero-order chi connectivity index (χ0) is 14.5. The molecule has 3 rings (SSSR count). The lowest BCUT2D eigenvalue weighted by molar-refractivity contribution is -0.121. The number of thiazole rings is 1. The number of amides is 1. The quantitative estimate of drug-likeness (QED) is 0.893. The molecule has 1 atom stereocenters. The van der Waals surface area contributed by atoms with Gasteiger partial charge in [0, 0.05) is 6.42 Å². The number of nitrogens with zero attached hydrogens (tertiary/aromatic N) is 1. The Morgan fingerprint density at radius 1 is 1.43 bits per heavy atom. The van der Waals surface area contributed by atoms with Crippen LogP contribution >= 0.6 is 11.3 Å². The van der Waals surface area contributed by atoms with E-state index in [9.17, 15) is 4.79 Å². The lowest BCUT2D eigenvalue weighted by Crippen LogP contribution is -2.31. The molecular weight excluding hydrogens is 282 g/mol. The van der Waals surface area contributed by atoms with Crippen molar-refractivity contribution in [3.63, 3.8) is 0 Å². The first kappa shape index (κ1) is 14.5. The monoisotopic (exact) mass is 303 g/mol. The molecule has 1 unspecified atom stereocenters. The van der Waals surface area contributed by atoms with Crippen LogP contribution < -0.4 is 10.6 Å². The zero-order valence-corrected chi connectivity index (χ0v) is 12.9. The molecule has 5 heteroatoms. The molecule has 0 aliphatic carbocycles. The molecule has 0 bridgehead atoms. The number of benzene rings is 1. The van der Waals surface area contributed by atoms with Gasteiger partial charge in [0.2, 0.25) is 5.91 Å². The van der Waals surface area contributed by atoms with E-state index in [1.54, 1.807) is 11.3 Å². The minimum absolute atomic E-state index is 0.139. The van der Waals surface area contributed by atoms with Crippen molar-refractivity contribution in [1.29, 1.82) is 0 Å². The maximum Gasteiger partial charge on any atom is 0.220 e. The van der Waals surface area contributed by atoms with Crippen LogP contribution in [-0.4, -0.2) is 24.0 Å². The summed E-state index contributed by atoms with van der Waals surface area (Å²) in [4.78, 5) is 16.4. The van der Waals surface area contributed by atoms with Gasteiger partial charge in [0.1, 0.15) is 5.01 Å². The van der Waals surface area contributed by atoms with Crippen molar-refractivity contribution in [3.8, 4) is 0 Å². The summed E-state index contributed by atoms with van der Waals surface area (Å²) in [6.07, 6.45) is 4.09. The van der Waals surface area contributed by atoms with Gasteiger partial charge in [0.15, 0.2) is 0 Å². The number of carbonyl (C=O) groups is 1. The number of piperidine rings is 1. The molecule has 4 nitrogen and oxygen atoms in total. The van der Waals surface area contributed by atoms with Gasteiger partial charge in [-0.2, -0.15) is 0 Å². The molecule has 0 saturated carbocycles. The van der Waals surface area contributed by atoms with E-state index in [1.807, 2.05) is 18.2 Å². The SMILES string of the molecule is O=C(CCC1CCCNC1)NCc1nc2ccccc2s1. The molecule has 1 aromatic heterocycles. The van der Waals surface area contributed by atoms with E-state index in [-0.39, 0.29) is 5.91 Å². The van der Waals surface area contributed by atoms with Gasteiger partial charge in [0.05, 0.1) is 16.8 Å². The van der Waals surface area contributed by atoms with E-state index >= 15 is 0 Å². The smallest absolute Gasteiger partial charge is 0.220 e. The fourth-order valence-electron chi connectivity index (χ4n) is 2.76. The molecule has 112 valence electrons. The molecule has 1 fully saturated rings. The van der Waals surface area contributed by atoms with Gasteiger partial charge in [-0.1, -0.05) is 12.1 Å². The van der Waals surface area contributed by atoms with Crippen LogP contribution in [0, 0.1) is 5.92 Å². The van der Waals surface area contributed by atoms with Gasteiger partial charge < -0.3 is 10.6 Å². The predicted octanol–water partition coefficient (Wildman–Crippen LogP) is 2.69. The molecule has 1 amide bonds. The second kappa shape index (κ2) is 7.00. The Balaban J connectivity index is 1.44. The van der Waals surface area contributed by atoms with Crippen molar-refractivity contribution in [2.24, 2.45) is 5.92 Å². The summed E-state index contributed by atoms with van der Waals surface area (Å²) >= 11 is 1.65. The van der Waals surface area contributed by atoms with Crippen LogP contribution in [0.1, 0.15) is 30.7 Å². The first-order valence-corrected chi connectivity index (χ1v) is 8.45. The van der Waals surface area contributed by atoms with Gasteiger partial charge >= 0.3 is 0 Å². The Morgan fingerprint density at radius 3 is 3.14 bits per heavy atom. The van der Waals surface area contributed by atoms with Crippen LogP contribution in [0.5, 0.6) is 0 Å². The van der Waals surface area contributed by atoms with E-state index in [1.165, 1.54) is 17.5 Å². The van der Waals surface area contributed by atoms with Crippen LogP contribution in [0.4, 0.5) is 0 Å². The topological polar surface area (TPSA) is 54.0 Å². The molecule has 1 saturated heterocycles. The summed E-state index contributed by atoms with van der Waals surface area (Å²) in [5, 5.41) is 7.36. The number of rotatable bonds is 5. The van der Waals surface area contributed by atoms with Gasteiger partial charge in [-0.05, 0) is 50.4 Å². The van der Waals surface area contributed by atoms with Crippen LogP contribution in [0.25, 0.3) is 10.2 Å². The van der Waals surface area contributed by atoms with E-state index in [4.69, 9.17) is 0 Å². The van der Waals surface area contributed by atoms with Crippen LogP contribution in [0.15, 0.2) is 24.3 Å². The first-order chi connectivity index (χ1) is 10.3. The van der Waals surface area contributed by atoms with Crippen molar-refractivity contribution >= 4 is 27.5 Å².